The minimum Gasteiger partial charge on any atom is -0.490 e. The van der Waals surface area contributed by atoms with Crippen LogP contribution < -0.4 is 29.5 Å². The predicted molar refractivity (Wildman–Crippen MR) is 114 cm³/mol. The predicted octanol–water partition coefficient (Wildman–Crippen LogP) is 2.47. The average Bonchev–Trinajstić information content (AvgIpc) is 2.66. The Kier molecular flexibility index (Phi) is 16.1. The van der Waals surface area contributed by atoms with Crippen LogP contribution in [0.2, 0.25) is 0 Å². The molecule has 0 aliphatic carbocycles. The molecule has 2 aromatic carbocycles. The number of rotatable bonds is 11. The molecule has 144 valence electrons. The fourth-order valence-corrected chi connectivity index (χ4v) is 2.82. The molecule has 0 heterocycles. The van der Waals surface area contributed by atoms with Crippen molar-refractivity contribution in [3.63, 3.8) is 0 Å². The molecule has 0 aliphatic heterocycles. The van der Waals surface area contributed by atoms with Crippen molar-refractivity contribution in [1.82, 2.24) is 5.32 Å². The molecule has 2 N–H and O–H groups in total. The first-order valence-corrected chi connectivity index (χ1v) is 9.70. The van der Waals surface area contributed by atoms with Crippen molar-refractivity contribution in [1.29, 1.82) is 0 Å². The quantitative estimate of drug-likeness (QED) is 0.280. The van der Waals surface area contributed by atoms with Gasteiger partial charge in [0.05, 0.1) is 6.41 Å². The maximum atomic E-state index is 10.3. The monoisotopic (exact) mass is 360 g/mol. The van der Waals surface area contributed by atoms with Crippen molar-refractivity contribution in [3.05, 3.63) is 55.8 Å². The summed E-state index contributed by atoms with van der Waals surface area (Å²) in [5.74, 6) is 0. The molecule has 27 heavy (non-hydrogen) atoms. The largest absolute Gasteiger partial charge is 1.00 e. The molecule has 0 aromatic heterocycles. The van der Waals surface area contributed by atoms with Crippen LogP contribution in [0.25, 0.3) is 10.8 Å². The molecule has 0 atom stereocenters. The number of nitrogens with one attached hydrogen (secondary N) is 2. The number of benzene rings is 2. The number of unbranched alkanes of at least 4 members (excludes halogenated alkanes) is 5. The second-order valence-electron chi connectivity index (χ2n) is 6.39. The van der Waals surface area contributed by atoms with Crippen LogP contribution in [0.15, 0.2) is 36.4 Å². The zero-order valence-electron chi connectivity index (χ0n) is 17.2. The van der Waals surface area contributed by atoms with Gasteiger partial charge in [0.2, 0.25) is 0 Å². The molecule has 0 aliphatic rings. The van der Waals surface area contributed by atoms with Crippen molar-refractivity contribution < 1.29 is 23.7 Å². The molecular formula is C23H33LiN2O-2. The van der Waals surface area contributed by atoms with Crippen LogP contribution in [0.5, 0.6) is 0 Å². The number of carbonyl (C=O) groups excluding carboxylic acids is 1. The van der Waals surface area contributed by atoms with Gasteiger partial charge in [-0.3, -0.25) is 0 Å². The number of fused-ring (bicyclic) bond motifs is 1. The van der Waals surface area contributed by atoms with Gasteiger partial charge in [-0.2, -0.15) is 0 Å². The number of amides is 1. The Bertz CT molecular complexity index is 629. The standard InChI is InChI=1S/C19H24NO.C4H9N.Li/c1-2-3-4-5-6-7-8-16-9-10-18-14-19(20-15-21)12-11-17(18)13-16;1-3-5-4-2;/h9-14H,2-8H2,1H3,(H,20,21);5H,1-4H2;/q-1;-2;+1. The van der Waals surface area contributed by atoms with Gasteiger partial charge in [-0.1, -0.05) is 63.3 Å². The van der Waals surface area contributed by atoms with E-state index in [4.69, 9.17) is 0 Å². The van der Waals surface area contributed by atoms with E-state index in [1.54, 1.807) is 6.41 Å². The van der Waals surface area contributed by atoms with Crippen molar-refractivity contribution in [2.45, 2.75) is 51.9 Å². The summed E-state index contributed by atoms with van der Waals surface area (Å²) in [7, 11) is 0. The van der Waals surface area contributed by atoms with E-state index in [-0.39, 0.29) is 18.9 Å². The Morgan fingerprint density at radius 2 is 1.52 bits per heavy atom. The number of hydrogen-bond donors (Lipinski definition) is 2. The van der Waals surface area contributed by atoms with Crippen LogP contribution in [0.3, 0.4) is 0 Å². The normalized spacial score (nSPS) is 9.89. The summed E-state index contributed by atoms with van der Waals surface area (Å²) in [5.41, 5.74) is 2.20. The second kappa shape index (κ2) is 16.9. The summed E-state index contributed by atoms with van der Waals surface area (Å²) >= 11 is 0. The van der Waals surface area contributed by atoms with Crippen LogP contribution in [-0.2, 0) is 11.2 Å². The molecule has 0 saturated carbocycles. The second-order valence-corrected chi connectivity index (χ2v) is 6.39. The van der Waals surface area contributed by atoms with Crippen LogP contribution >= 0.6 is 0 Å². The molecule has 3 nitrogen and oxygen atoms in total. The topological polar surface area (TPSA) is 41.1 Å². The Hall–Kier alpha value is -1.27. The Labute approximate surface area is 177 Å². The third-order valence-corrected chi connectivity index (χ3v) is 4.27. The molecule has 0 saturated heterocycles. The fraction of sp³-hybridized carbons (Fsp3) is 0.435. The van der Waals surface area contributed by atoms with Crippen molar-refractivity contribution >= 4 is 22.9 Å². The van der Waals surface area contributed by atoms with Gasteiger partial charge in [0.15, 0.2) is 0 Å². The molecular weight excluding hydrogens is 327 g/mol. The van der Waals surface area contributed by atoms with Crippen molar-refractivity contribution in [3.8, 4) is 0 Å². The van der Waals surface area contributed by atoms with Gasteiger partial charge in [-0.15, -0.1) is 30.9 Å². The van der Waals surface area contributed by atoms with E-state index in [1.165, 1.54) is 49.5 Å². The van der Waals surface area contributed by atoms with E-state index >= 15 is 0 Å². The van der Waals surface area contributed by atoms with Gasteiger partial charge >= 0.3 is 18.9 Å². The zero-order chi connectivity index (χ0) is 19.0. The van der Waals surface area contributed by atoms with Crippen LogP contribution in [0, 0.1) is 13.8 Å². The third-order valence-electron chi connectivity index (χ3n) is 4.27. The zero-order valence-corrected chi connectivity index (χ0v) is 17.2. The van der Waals surface area contributed by atoms with Crippen LogP contribution in [-0.4, -0.2) is 19.5 Å². The number of aryl methyl sites for hydroxylation is 1. The average molecular weight is 360 g/mol. The van der Waals surface area contributed by atoms with Gasteiger partial charge in [-0.05, 0) is 29.2 Å². The summed E-state index contributed by atoms with van der Waals surface area (Å²) in [5, 5.41) is 7.84. The minimum absolute atomic E-state index is 0. The Morgan fingerprint density at radius 3 is 2.15 bits per heavy atom. The summed E-state index contributed by atoms with van der Waals surface area (Å²) in [6.07, 6.45) is 10.9. The Balaban J connectivity index is 0.00000100. The summed E-state index contributed by atoms with van der Waals surface area (Å²) in [6.45, 7) is 10.9. The molecule has 2 aromatic rings. The van der Waals surface area contributed by atoms with Gasteiger partial charge in [0.25, 0.3) is 0 Å². The van der Waals surface area contributed by atoms with E-state index < -0.39 is 0 Å². The molecule has 0 radical (unpaired) electrons. The summed E-state index contributed by atoms with van der Waals surface area (Å²) in [6, 6.07) is 12.5. The number of anilines is 1. The summed E-state index contributed by atoms with van der Waals surface area (Å²) in [4.78, 5) is 10.3. The third kappa shape index (κ3) is 11.2. The van der Waals surface area contributed by atoms with Gasteiger partial charge in [0.1, 0.15) is 0 Å². The van der Waals surface area contributed by atoms with E-state index in [1.807, 2.05) is 12.1 Å². The first kappa shape index (κ1) is 25.7. The van der Waals surface area contributed by atoms with Crippen LogP contribution in [0.4, 0.5) is 5.69 Å². The van der Waals surface area contributed by atoms with E-state index in [0.29, 0.717) is 0 Å². The number of hydrogen-bond acceptors (Lipinski definition) is 2. The van der Waals surface area contributed by atoms with E-state index in [9.17, 15) is 4.79 Å². The molecule has 0 bridgehead atoms. The molecule has 2 rings (SSSR count). The summed E-state index contributed by atoms with van der Waals surface area (Å²) < 4.78 is 0. The van der Waals surface area contributed by atoms with Gasteiger partial charge < -0.3 is 29.3 Å². The molecule has 0 spiro atoms. The van der Waals surface area contributed by atoms with Crippen LogP contribution in [0.1, 0.15) is 51.0 Å². The molecule has 0 unspecified atom stereocenters. The fourth-order valence-electron chi connectivity index (χ4n) is 2.82. The van der Waals surface area contributed by atoms with Crippen molar-refractivity contribution in [2.75, 3.05) is 18.4 Å². The first-order valence-electron chi connectivity index (χ1n) is 9.70. The first-order chi connectivity index (χ1) is 12.7. The van der Waals surface area contributed by atoms with E-state index in [0.717, 1.165) is 30.6 Å². The van der Waals surface area contributed by atoms with Gasteiger partial charge in [0, 0.05) is 0 Å². The molecule has 0 fully saturated rings. The van der Waals surface area contributed by atoms with E-state index in [2.05, 4.69) is 55.7 Å². The molecule has 4 heteroatoms. The maximum Gasteiger partial charge on any atom is 1.00 e. The van der Waals surface area contributed by atoms with Crippen molar-refractivity contribution in [2.24, 2.45) is 0 Å². The molecule has 1 amide bonds. The smallest absolute Gasteiger partial charge is 0.490 e. The Morgan fingerprint density at radius 1 is 0.889 bits per heavy atom. The minimum atomic E-state index is 0. The van der Waals surface area contributed by atoms with Gasteiger partial charge in [-0.25, -0.2) is 0 Å². The maximum absolute atomic E-state index is 10.3. The SMILES string of the molecule is CCCCCCCCc1ccc2cc(N[C-]=O)ccc2c1.[CH2-]CNC[CH2-].[Li+].